The first-order chi connectivity index (χ1) is 10.5. The van der Waals surface area contributed by atoms with Gasteiger partial charge in [-0.3, -0.25) is 4.79 Å². The monoisotopic (exact) mass is 411 g/mol. The maximum absolute atomic E-state index is 12.4. The lowest BCUT2D eigenvalue weighted by Crippen LogP contribution is -2.23. The quantitative estimate of drug-likeness (QED) is 0.766. The molecule has 0 radical (unpaired) electrons. The Morgan fingerprint density at radius 2 is 1.68 bits per heavy atom. The van der Waals surface area contributed by atoms with E-state index in [1.807, 2.05) is 31.2 Å². The Bertz CT molecular complexity index is 668. The van der Waals surface area contributed by atoms with E-state index in [9.17, 15) is 4.79 Å². The molecule has 5 heteroatoms. The standard InChI is InChI=1S/C17H18INO3/c1-11-4-6-12(7-5-11)10-19-17(20)13-8-15(21-2)16(22-3)9-14(13)18/h4-9H,10H2,1-3H3,(H,19,20). The van der Waals surface area contributed by atoms with Crippen molar-refractivity contribution >= 4 is 28.5 Å². The summed E-state index contributed by atoms with van der Waals surface area (Å²) in [7, 11) is 3.13. The van der Waals surface area contributed by atoms with E-state index < -0.39 is 0 Å². The second-order valence-corrected chi connectivity index (χ2v) is 6.02. The van der Waals surface area contributed by atoms with Crippen molar-refractivity contribution in [2.75, 3.05) is 14.2 Å². The number of benzene rings is 2. The minimum atomic E-state index is -0.133. The number of amides is 1. The summed E-state index contributed by atoms with van der Waals surface area (Å²) in [6.45, 7) is 2.53. The molecule has 1 N–H and O–H groups in total. The van der Waals surface area contributed by atoms with Crippen molar-refractivity contribution in [2.24, 2.45) is 0 Å². The fraction of sp³-hybridized carbons (Fsp3) is 0.235. The number of nitrogens with one attached hydrogen (secondary N) is 1. The number of hydrogen-bond donors (Lipinski definition) is 1. The van der Waals surface area contributed by atoms with Crippen LogP contribution in [0.15, 0.2) is 36.4 Å². The Morgan fingerprint density at radius 3 is 2.27 bits per heavy atom. The first kappa shape index (κ1) is 16.6. The van der Waals surface area contributed by atoms with Gasteiger partial charge in [0.2, 0.25) is 0 Å². The number of rotatable bonds is 5. The highest BCUT2D eigenvalue weighted by atomic mass is 127. The zero-order chi connectivity index (χ0) is 16.1. The molecule has 2 aromatic rings. The Kier molecular flexibility index (Phi) is 5.65. The molecule has 0 aliphatic heterocycles. The van der Waals surface area contributed by atoms with Crippen LogP contribution in [-0.4, -0.2) is 20.1 Å². The van der Waals surface area contributed by atoms with Crippen molar-refractivity contribution in [1.82, 2.24) is 5.32 Å². The fourth-order valence-corrected chi connectivity index (χ4v) is 2.70. The molecule has 0 saturated heterocycles. The van der Waals surface area contributed by atoms with E-state index in [4.69, 9.17) is 9.47 Å². The second kappa shape index (κ2) is 7.49. The summed E-state index contributed by atoms with van der Waals surface area (Å²) < 4.78 is 11.3. The SMILES string of the molecule is COc1cc(I)c(C(=O)NCc2ccc(C)cc2)cc1OC. The van der Waals surface area contributed by atoms with Crippen molar-refractivity contribution in [3.05, 3.63) is 56.7 Å². The first-order valence-corrected chi connectivity index (χ1v) is 7.88. The molecule has 0 spiro atoms. The summed E-state index contributed by atoms with van der Waals surface area (Å²) in [5.74, 6) is 1.02. The van der Waals surface area contributed by atoms with E-state index in [0.717, 1.165) is 9.13 Å². The van der Waals surface area contributed by atoms with Crippen molar-refractivity contribution in [2.45, 2.75) is 13.5 Å². The summed E-state index contributed by atoms with van der Waals surface area (Å²) >= 11 is 2.12. The van der Waals surface area contributed by atoms with E-state index in [1.165, 1.54) is 5.56 Å². The minimum absolute atomic E-state index is 0.133. The predicted octanol–water partition coefficient (Wildman–Crippen LogP) is 3.55. The number of carbonyl (C=O) groups is 1. The van der Waals surface area contributed by atoms with Gasteiger partial charge in [-0.1, -0.05) is 29.8 Å². The second-order valence-electron chi connectivity index (χ2n) is 4.86. The van der Waals surface area contributed by atoms with Crippen LogP contribution in [0.3, 0.4) is 0 Å². The van der Waals surface area contributed by atoms with Gasteiger partial charge < -0.3 is 14.8 Å². The topological polar surface area (TPSA) is 47.6 Å². The number of hydrogen-bond acceptors (Lipinski definition) is 3. The Balaban J connectivity index is 2.13. The molecule has 0 fully saturated rings. The molecule has 0 heterocycles. The van der Waals surface area contributed by atoms with Gasteiger partial charge in [-0.25, -0.2) is 0 Å². The average Bonchev–Trinajstić information content (AvgIpc) is 2.53. The summed E-state index contributed by atoms with van der Waals surface area (Å²) in [4.78, 5) is 12.4. The normalized spacial score (nSPS) is 10.2. The zero-order valence-electron chi connectivity index (χ0n) is 12.8. The molecule has 2 aromatic carbocycles. The van der Waals surface area contributed by atoms with Gasteiger partial charge in [0.1, 0.15) is 0 Å². The molecule has 0 aliphatic rings. The van der Waals surface area contributed by atoms with Crippen LogP contribution in [0.5, 0.6) is 11.5 Å². The van der Waals surface area contributed by atoms with E-state index in [2.05, 4.69) is 27.9 Å². The van der Waals surface area contributed by atoms with Gasteiger partial charge in [-0.2, -0.15) is 0 Å². The van der Waals surface area contributed by atoms with Crippen LogP contribution in [0.1, 0.15) is 21.5 Å². The fourth-order valence-electron chi connectivity index (χ4n) is 2.01. The molecular formula is C17H18INO3. The number of methoxy groups -OCH3 is 2. The van der Waals surface area contributed by atoms with Gasteiger partial charge in [0.25, 0.3) is 5.91 Å². The van der Waals surface area contributed by atoms with Crippen molar-refractivity contribution in [1.29, 1.82) is 0 Å². The van der Waals surface area contributed by atoms with E-state index in [0.29, 0.717) is 23.6 Å². The molecule has 116 valence electrons. The molecule has 0 atom stereocenters. The molecule has 0 unspecified atom stereocenters. The maximum atomic E-state index is 12.4. The lowest BCUT2D eigenvalue weighted by molar-refractivity contribution is 0.0949. The molecule has 2 rings (SSSR count). The lowest BCUT2D eigenvalue weighted by Gasteiger charge is -2.12. The largest absolute Gasteiger partial charge is 0.493 e. The lowest BCUT2D eigenvalue weighted by atomic mass is 10.1. The van der Waals surface area contributed by atoms with Crippen molar-refractivity contribution in [3.63, 3.8) is 0 Å². The predicted molar refractivity (Wildman–Crippen MR) is 94.6 cm³/mol. The Morgan fingerprint density at radius 1 is 1.09 bits per heavy atom. The van der Waals surface area contributed by atoms with Gasteiger partial charge in [0.15, 0.2) is 11.5 Å². The smallest absolute Gasteiger partial charge is 0.252 e. The average molecular weight is 411 g/mol. The number of carbonyl (C=O) groups excluding carboxylic acids is 1. The highest BCUT2D eigenvalue weighted by Gasteiger charge is 2.15. The molecule has 0 aliphatic carbocycles. The van der Waals surface area contributed by atoms with Crippen molar-refractivity contribution in [3.8, 4) is 11.5 Å². The number of halogens is 1. The van der Waals surface area contributed by atoms with E-state index in [-0.39, 0.29) is 5.91 Å². The Labute approximate surface area is 144 Å². The molecule has 4 nitrogen and oxygen atoms in total. The van der Waals surface area contributed by atoms with E-state index in [1.54, 1.807) is 26.4 Å². The highest BCUT2D eigenvalue weighted by molar-refractivity contribution is 14.1. The summed E-state index contributed by atoms with van der Waals surface area (Å²) in [5, 5.41) is 2.92. The Hall–Kier alpha value is -1.76. The summed E-state index contributed by atoms with van der Waals surface area (Å²) in [6.07, 6.45) is 0. The van der Waals surface area contributed by atoms with Gasteiger partial charge in [-0.05, 0) is 47.2 Å². The van der Waals surface area contributed by atoms with Gasteiger partial charge >= 0.3 is 0 Å². The highest BCUT2D eigenvalue weighted by Crippen LogP contribution is 2.31. The first-order valence-electron chi connectivity index (χ1n) is 6.80. The third kappa shape index (κ3) is 3.91. The van der Waals surface area contributed by atoms with Crippen LogP contribution in [0, 0.1) is 10.5 Å². The number of ether oxygens (including phenoxy) is 2. The van der Waals surface area contributed by atoms with Gasteiger partial charge in [-0.15, -0.1) is 0 Å². The third-order valence-electron chi connectivity index (χ3n) is 3.29. The molecule has 22 heavy (non-hydrogen) atoms. The summed E-state index contributed by atoms with van der Waals surface area (Å²) in [5.41, 5.74) is 2.84. The van der Waals surface area contributed by atoms with Crippen LogP contribution >= 0.6 is 22.6 Å². The molecule has 0 saturated carbocycles. The molecule has 0 bridgehead atoms. The molecular weight excluding hydrogens is 393 g/mol. The summed E-state index contributed by atoms with van der Waals surface area (Å²) in [6, 6.07) is 11.6. The maximum Gasteiger partial charge on any atom is 0.252 e. The van der Waals surface area contributed by atoms with Crippen LogP contribution in [0.4, 0.5) is 0 Å². The molecule has 0 aromatic heterocycles. The van der Waals surface area contributed by atoms with Crippen LogP contribution in [-0.2, 0) is 6.54 Å². The minimum Gasteiger partial charge on any atom is -0.493 e. The molecule has 1 amide bonds. The van der Waals surface area contributed by atoms with Gasteiger partial charge in [0, 0.05) is 10.1 Å². The zero-order valence-corrected chi connectivity index (χ0v) is 14.9. The van der Waals surface area contributed by atoms with Gasteiger partial charge in [0.05, 0.1) is 19.8 Å². The third-order valence-corrected chi connectivity index (χ3v) is 4.18. The van der Waals surface area contributed by atoms with Crippen LogP contribution in [0.25, 0.3) is 0 Å². The van der Waals surface area contributed by atoms with Crippen molar-refractivity contribution < 1.29 is 14.3 Å². The van der Waals surface area contributed by atoms with E-state index >= 15 is 0 Å². The van der Waals surface area contributed by atoms with Crippen LogP contribution < -0.4 is 14.8 Å². The number of aryl methyl sites for hydroxylation is 1. The van der Waals surface area contributed by atoms with Crippen LogP contribution in [0.2, 0.25) is 0 Å².